The van der Waals surface area contributed by atoms with Crippen LogP contribution in [-0.2, 0) is 10.3 Å². The fourth-order valence-corrected chi connectivity index (χ4v) is 4.78. The van der Waals surface area contributed by atoms with Crippen molar-refractivity contribution in [1.29, 1.82) is 0 Å². The van der Waals surface area contributed by atoms with E-state index in [0.29, 0.717) is 6.61 Å². The molecule has 1 saturated heterocycles. The van der Waals surface area contributed by atoms with Gasteiger partial charge in [-0.25, -0.2) is 0 Å². The molecule has 4 nitrogen and oxygen atoms in total. The highest BCUT2D eigenvalue weighted by Gasteiger charge is 2.40. The highest BCUT2D eigenvalue weighted by atomic mass is 35.5. The first-order chi connectivity index (χ1) is 15.7. The van der Waals surface area contributed by atoms with Crippen molar-refractivity contribution in [3.63, 3.8) is 0 Å². The molecule has 0 amide bonds. The third-order valence-corrected chi connectivity index (χ3v) is 6.65. The van der Waals surface area contributed by atoms with Crippen molar-refractivity contribution in [1.82, 2.24) is 4.90 Å². The first-order valence-electron chi connectivity index (χ1n) is 12.5. The second kappa shape index (κ2) is 14.6. The van der Waals surface area contributed by atoms with Gasteiger partial charge in [-0.2, -0.15) is 0 Å². The van der Waals surface area contributed by atoms with Crippen LogP contribution in [0, 0.1) is 0 Å². The van der Waals surface area contributed by atoms with Gasteiger partial charge in [-0.3, -0.25) is 4.90 Å². The van der Waals surface area contributed by atoms with Gasteiger partial charge in [0.15, 0.2) is 0 Å². The van der Waals surface area contributed by atoms with Crippen LogP contribution in [0.1, 0.15) is 69.4 Å². The van der Waals surface area contributed by atoms with Crippen LogP contribution < -0.4 is 4.74 Å². The quantitative estimate of drug-likeness (QED) is 0.352. The van der Waals surface area contributed by atoms with E-state index in [4.69, 9.17) is 9.47 Å². The molecule has 5 heteroatoms. The molecule has 2 aromatic rings. The van der Waals surface area contributed by atoms with Crippen molar-refractivity contribution in [2.45, 2.75) is 63.9 Å². The largest absolute Gasteiger partial charge is 0.494 e. The van der Waals surface area contributed by atoms with Crippen molar-refractivity contribution in [2.75, 3.05) is 39.5 Å². The molecular weight excluding hydrogens is 434 g/mol. The first-order valence-corrected chi connectivity index (χ1v) is 12.5. The van der Waals surface area contributed by atoms with E-state index < -0.39 is 5.60 Å². The molecule has 2 unspecified atom stereocenters. The number of benzene rings is 2. The minimum absolute atomic E-state index is 0. The van der Waals surface area contributed by atoms with Crippen molar-refractivity contribution in [2.24, 2.45) is 0 Å². The standard InChI is InChI=1S/C28H41NO3.ClH/c1-3-5-6-7-11-18-28(30,25-14-16-26(17-15-25)32-4-2)27(24-12-9-8-10-13-24)23-29-19-21-31-22-20-29;/h8-10,12-17,27,30H,3-7,11,18-23H2,1-2H3;1H. The van der Waals surface area contributed by atoms with Crippen LogP contribution in [0.3, 0.4) is 0 Å². The Kier molecular flexibility index (Phi) is 12.3. The number of rotatable bonds is 13. The number of halogens is 1. The fraction of sp³-hybridized carbons (Fsp3) is 0.571. The van der Waals surface area contributed by atoms with E-state index in [2.05, 4.69) is 54.3 Å². The number of morpholine rings is 1. The molecule has 1 aliphatic heterocycles. The molecule has 0 radical (unpaired) electrons. The molecule has 0 bridgehead atoms. The molecule has 0 aromatic heterocycles. The molecule has 3 rings (SSSR count). The smallest absolute Gasteiger partial charge is 0.119 e. The van der Waals surface area contributed by atoms with Gasteiger partial charge < -0.3 is 14.6 Å². The van der Waals surface area contributed by atoms with Gasteiger partial charge in [0.05, 0.1) is 25.4 Å². The van der Waals surface area contributed by atoms with Gasteiger partial charge in [0.1, 0.15) is 5.75 Å². The Balaban J connectivity index is 0.00000385. The molecule has 1 aliphatic rings. The summed E-state index contributed by atoms with van der Waals surface area (Å²) < 4.78 is 11.2. The molecule has 1 fully saturated rings. The summed E-state index contributed by atoms with van der Waals surface area (Å²) in [5.74, 6) is 0.844. The minimum atomic E-state index is -0.934. The highest BCUT2D eigenvalue weighted by Crippen LogP contribution is 2.42. The van der Waals surface area contributed by atoms with E-state index in [-0.39, 0.29) is 18.3 Å². The maximum Gasteiger partial charge on any atom is 0.119 e. The molecule has 2 aromatic carbocycles. The SMILES string of the molecule is CCCCCCCC(O)(c1ccc(OCC)cc1)C(CN1CCOCC1)c1ccccc1.Cl. The molecule has 33 heavy (non-hydrogen) atoms. The van der Waals surface area contributed by atoms with E-state index >= 15 is 0 Å². The third kappa shape index (κ3) is 7.99. The summed E-state index contributed by atoms with van der Waals surface area (Å²) in [5.41, 5.74) is 1.25. The van der Waals surface area contributed by atoms with Crippen molar-refractivity contribution in [3.8, 4) is 5.75 Å². The van der Waals surface area contributed by atoms with Crippen LogP contribution in [0.4, 0.5) is 0 Å². The van der Waals surface area contributed by atoms with Crippen LogP contribution in [0.2, 0.25) is 0 Å². The Labute approximate surface area is 206 Å². The predicted octanol–water partition coefficient (Wildman–Crippen LogP) is 6.17. The molecule has 0 spiro atoms. The van der Waals surface area contributed by atoms with E-state index in [1.165, 1.54) is 24.8 Å². The van der Waals surface area contributed by atoms with Crippen LogP contribution in [0.25, 0.3) is 0 Å². The summed E-state index contributed by atoms with van der Waals surface area (Å²) in [6.07, 6.45) is 6.66. The van der Waals surface area contributed by atoms with Gasteiger partial charge >= 0.3 is 0 Å². The topological polar surface area (TPSA) is 41.9 Å². The molecular formula is C28H42ClNO3. The maximum absolute atomic E-state index is 12.4. The van der Waals surface area contributed by atoms with Gasteiger partial charge in [0.2, 0.25) is 0 Å². The summed E-state index contributed by atoms with van der Waals surface area (Å²) >= 11 is 0. The second-order valence-electron chi connectivity index (χ2n) is 8.92. The Morgan fingerprint density at radius 2 is 1.61 bits per heavy atom. The van der Waals surface area contributed by atoms with Gasteiger partial charge in [0.25, 0.3) is 0 Å². The zero-order valence-corrected chi connectivity index (χ0v) is 21.2. The number of nitrogens with zero attached hydrogens (tertiary/aromatic N) is 1. The normalized spacial score (nSPS) is 17.1. The fourth-order valence-electron chi connectivity index (χ4n) is 4.78. The van der Waals surface area contributed by atoms with E-state index in [9.17, 15) is 5.11 Å². The number of unbranched alkanes of at least 4 members (excludes halogenated alkanes) is 4. The predicted molar refractivity (Wildman–Crippen MR) is 139 cm³/mol. The molecule has 0 saturated carbocycles. The average molecular weight is 476 g/mol. The zero-order valence-electron chi connectivity index (χ0n) is 20.4. The average Bonchev–Trinajstić information content (AvgIpc) is 2.84. The lowest BCUT2D eigenvalue weighted by molar-refractivity contribution is -0.0296. The second-order valence-corrected chi connectivity index (χ2v) is 8.92. The van der Waals surface area contributed by atoms with Crippen molar-refractivity contribution >= 4 is 12.4 Å². The zero-order chi connectivity index (χ0) is 22.7. The number of hydrogen-bond acceptors (Lipinski definition) is 4. The number of ether oxygens (including phenoxy) is 2. The lowest BCUT2D eigenvalue weighted by Crippen LogP contribution is -2.45. The van der Waals surface area contributed by atoms with Crippen LogP contribution >= 0.6 is 12.4 Å². The molecule has 1 heterocycles. The van der Waals surface area contributed by atoms with Crippen LogP contribution in [0.5, 0.6) is 5.75 Å². The minimum Gasteiger partial charge on any atom is -0.494 e. The van der Waals surface area contributed by atoms with Crippen molar-refractivity contribution < 1.29 is 14.6 Å². The van der Waals surface area contributed by atoms with Gasteiger partial charge in [-0.1, -0.05) is 81.5 Å². The molecule has 1 N–H and O–H groups in total. The van der Waals surface area contributed by atoms with Gasteiger partial charge in [0, 0.05) is 25.6 Å². The first kappa shape index (κ1) is 27.7. The van der Waals surface area contributed by atoms with Crippen LogP contribution in [-0.4, -0.2) is 49.5 Å². The summed E-state index contributed by atoms with van der Waals surface area (Å²) in [4.78, 5) is 2.44. The third-order valence-electron chi connectivity index (χ3n) is 6.65. The monoisotopic (exact) mass is 475 g/mol. The summed E-state index contributed by atoms with van der Waals surface area (Å²) in [5, 5.41) is 12.4. The summed E-state index contributed by atoms with van der Waals surface area (Å²) in [7, 11) is 0. The Morgan fingerprint density at radius 3 is 2.24 bits per heavy atom. The molecule has 2 atom stereocenters. The molecule has 184 valence electrons. The lowest BCUT2D eigenvalue weighted by Gasteiger charge is -2.41. The van der Waals surface area contributed by atoms with Gasteiger partial charge in [-0.05, 0) is 36.6 Å². The van der Waals surface area contributed by atoms with E-state index in [1.807, 2.05) is 19.1 Å². The van der Waals surface area contributed by atoms with Gasteiger partial charge in [-0.15, -0.1) is 12.4 Å². The summed E-state index contributed by atoms with van der Waals surface area (Å²) in [6.45, 7) is 9.06. The number of hydrogen-bond donors (Lipinski definition) is 1. The Hall–Kier alpha value is -1.59. The Morgan fingerprint density at radius 1 is 0.939 bits per heavy atom. The van der Waals surface area contributed by atoms with E-state index in [0.717, 1.165) is 63.4 Å². The van der Waals surface area contributed by atoms with Crippen molar-refractivity contribution in [3.05, 3.63) is 65.7 Å². The van der Waals surface area contributed by atoms with Crippen LogP contribution in [0.15, 0.2) is 54.6 Å². The lowest BCUT2D eigenvalue weighted by atomic mass is 9.73. The molecule has 0 aliphatic carbocycles. The number of aliphatic hydroxyl groups is 1. The van der Waals surface area contributed by atoms with E-state index in [1.54, 1.807) is 0 Å². The summed E-state index contributed by atoms with van der Waals surface area (Å²) in [6, 6.07) is 18.7. The highest BCUT2D eigenvalue weighted by molar-refractivity contribution is 5.85. The Bertz CT molecular complexity index is 764. The maximum atomic E-state index is 12.4.